The van der Waals surface area contributed by atoms with Gasteiger partial charge in [-0.3, -0.25) is 0 Å². The molecule has 6 heteroatoms. The van der Waals surface area contributed by atoms with Crippen molar-refractivity contribution < 1.29 is 25.8 Å². The largest absolute Gasteiger partial charge is 0.509 e. The zero-order valence-electron chi connectivity index (χ0n) is 39.6. The Labute approximate surface area is 391 Å². The molecule has 2 aromatic heterocycles. The molecule has 0 bridgehead atoms. The molecule has 0 atom stereocenters. The predicted octanol–water partition coefficient (Wildman–Crippen LogP) is 15.0. The van der Waals surface area contributed by atoms with Crippen molar-refractivity contribution in [3.63, 3.8) is 0 Å². The van der Waals surface area contributed by atoms with Gasteiger partial charge in [0.2, 0.25) is 0 Å². The second-order valence-electron chi connectivity index (χ2n) is 21.7. The molecule has 5 aromatic carbocycles. The van der Waals surface area contributed by atoms with Crippen LogP contribution in [0.3, 0.4) is 0 Å². The van der Waals surface area contributed by atoms with Crippen molar-refractivity contribution in [1.29, 1.82) is 0 Å². The van der Waals surface area contributed by atoms with Crippen LogP contribution in [0.5, 0.6) is 11.5 Å². The fourth-order valence-electron chi connectivity index (χ4n) is 8.47. The van der Waals surface area contributed by atoms with E-state index in [4.69, 9.17) is 9.72 Å². The molecule has 0 aliphatic carbocycles. The minimum atomic E-state index is -0.349. The number of benzene rings is 5. The van der Waals surface area contributed by atoms with Crippen molar-refractivity contribution in [3.05, 3.63) is 174 Å². The summed E-state index contributed by atoms with van der Waals surface area (Å²) in [6.07, 6.45) is 4.21. The molecule has 330 valence electrons. The zero-order valence-corrected chi connectivity index (χ0v) is 41.9. The summed E-state index contributed by atoms with van der Waals surface area (Å²) in [7, 11) is 0. The van der Waals surface area contributed by atoms with Crippen LogP contribution in [0, 0.1) is 18.8 Å². The summed E-state index contributed by atoms with van der Waals surface area (Å²) in [6.45, 7) is 34.1. The fourth-order valence-corrected chi connectivity index (χ4v) is 8.47. The van der Waals surface area contributed by atoms with Crippen LogP contribution in [0.1, 0.15) is 125 Å². The summed E-state index contributed by atoms with van der Waals surface area (Å²) in [5.41, 5.74) is 10.8. The van der Waals surface area contributed by atoms with Gasteiger partial charge in [-0.25, -0.2) is 4.98 Å². The Kier molecular flexibility index (Phi) is 12.0. The maximum absolute atomic E-state index is 6.89. The van der Waals surface area contributed by atoms with E-state index in [1.165, 1.54) is 33.2 Å². The Hall–Kier alpha value is -5.12. The molecule has 8 rings (SSSR count). The van der Waals surface area contributed by atoms with Crippen molar-refractivity contribution in [2.45, 2.75) is 124 Å². The normalized spacial score (nSPS) is 14.0. The summed E-state index contributed by atoms with van der Waals surface area (Å²) in [5.74, 6) is 2.11. The van der Waals surface area contributed by atoms with Crippen molar-refractivity contribution in [2.75, 3.05) is 9.80 Å². The van der Waals surface area contributed by atoms with Gasteiger partial charge in [-0.05, 0) is 85.8 Å². The molecule has 0 radical (unpaired) electrons. The van der Waals surface area contributed by atoms with Crippen molar-refractivity contribution in [1.82, 2.24) is 9.55 Å². The molecule has 0 spiro atoms. The van der Waals surface area contributed by atoms with E-state index in [-0.39, 0.29) is 48.1 Å². The first-order chi connectivity index (χ1) is 29.0. The Morgan fingerprint density at radius 3 is 1.84 bits per heavy atom. The van der Waals surface area contributed by atoms with Gasteiger partial charge in [-0.1, -0.05) is 162 Å². The second kappa shape index (κ2) is 16.5. The molecule has 1 aliphatic heterocycles. The molecular weight excluding hydrogens is 952 g/mol. The van der Waals surface area contributed by atoms with Gasteiger partial charge in [0.15, 0.2) is 0 Å². The molecular formula is C57H63N4OPt-3. The van der Waals surface area contributed by atoms with E-state index in [1.807, 2.05) is 12.3 Å². The molecule has 0 saturated heterocycles. The Morgan fingerprint density at radius 2 is 1.21 bits per heavy atom. The van der Waals surface area contributed by atoms with Crippen LogP contribution < -0.4 is 14.5 Å². The van der Waals surface area contributed by atoms with Gasteiger partial charge in [0.1, 0.15) is 5.82 Å². The summed E-state index contributed by atoms with van der Waals surface area (Å²) < 4.78 is 9.14. The van der Waals surface area contributed by atoms with Gasteiger partial charge in [0.25, 0.3) is 0 Å². The minimum absolute atomic E-state index is 0. The number of fused-ring (bicyclic) bond motifs is 3. The van der Waals surface area contributed by atoms with E-state index in [0.717, 1.165) is 39.3 Å². The number of pyridine rings is 1. The number of rotatable bonds is 7. The number of anilines is 2. The van der Waals surface area contributed by atoms with Gasteiger partial charge < -0.3 is 19.1 Å². The SMILES string of the molecule is CC(C)(C)c1cc(N2C=C(C(C)(C)c3ccccc3)N(c3[c-]c(Oc4[c-]c5c(c(C(C)(C)C)c4)c4ccccc4n5-c4cc(C(C)(C)C)ccn4)ccc3)[CH-]2)cc(C(C)(C)C)c1.[Pt]. The topological polar surface area (TPSA) is 33.5 Å². The Bertz CT molecular complexity index is 2790. The van der Waals surface area contributed by atoms with E-state index < -0.39 is 0 Å². The van der Waals surface area contributed by atoms with Gasteiger partial charge in [-0.2, -0.15) is 6.07 Å². The van der Waals surface area contributed by atoms with E-state index in [2.05, 4.69) is 239 Å². The van der Waals surface area contributed by atoms with Crippen LogP contribution in [-0.2, 0) is 48.1 Å². The number of para-hydroxylation sites is 1. The molecule has 0 saturated carbocycles. The van der Waals surface area contributed by atoms with Crippen molar-refractivity contribution in [3.8, 4) is 17.3 Å². The molecule has 7 aromatic rings. The van der Waals surface area contributed by atoms with Crippen LogP contribution in [-0.4, -0.2) is 9.55 Å². The fraction of sp³-hybridized carbons (Fsp3) is 0.333. The van der Waals surface area contributed by atoms with E-state index >= 15 is 0 Å². The standard InChI is InChI=1S/C57H63N4O.Pt/c1-53(2,3)39-27-28-58-51(32-39)61-48-26-19-18-25-46(48)52-47(56(10,11)12)34-45(35-49(52)61)62-44-24-20-23-42(33-44)60-37-59(36-50(60)57(13,14)38-21-16-15-17-22-38)43-30-40(54(4,5)6)29-41(31-43)55(7,8)9;/h15-32,34,36-37H,1-14H3;/q-3;. The predicted molar refractivity (Wildman–Crippen MR) is 261 cm³/mol. The second-order valence-corrected chi connectivity index (χ2v) is 21.7. The van der Waals surface area contributed by atoms with Gasteiger partial charge in [0.05, 0.1) is 0 Å². The third kappa shape index (κ3) is 9.01. The number of ether oxygens (including phenoxy) is 1. The minimum Gasteiger partial charge on any atom is -0.509 e. The van der Waals surface area contributed by atoms with Gasteiger partial charge >= 0.3 is 0 Å². The number of allylic oxidation sites excluding steroid dienone is 1. The van der Waals surface area contributed by atoms with E-state index in [9.17, 15) is 0 Å². The first-order valence-electron chi connectivity index (χ1n) is 22.0. The molecule has 5 nitrogen and oxygen atoms in total. The molecule has 63 heavy (non-hydrogen) atoms. The van der Waals surface area contributed by atoms with Crippen LogP contribution >= 0.6 is 0 Å². The van der Waals surface area contributed by atoms with Gasteiger partial charge in [-0.15, -0.1) is 48.3 Å². The maximum Gasteiger partial charge on any atom is 0.135 e. The van der Waals surface area contributed by atoms with Crippen LogP contribution in [0.15, 0.2) is 127 Å². The average molecular weight is 1020 g/mol. The molecule has 1 aliphatic rings. The molecule has 3 heterocycles. The molecule has 0 fully saturated rings. The third-order valence-electron chi connectivity index (χ3n) is 12.4. The van der Waals surface area contributed by atoms with E-state index in [1.54, 1.807) is 0 Å². The van der Waals surface area contributed by atoms with Crippen LogP contribution in [0.4, 0.5) is 11.4 Å². The average Bonchev–Trinajstić information content (AvgIpc) is 3.81. The summed E-state index contributed by atoms with van der Waals surface area (Å²) in [6, 6.07) is 46.5. The van der Waals surface area contributed by atoms with Crippen LogP contribution in [0.25, 0.3) is 27.6 Å². The molecule has 0 N–H and O–H groups in total. The molecule has 0 amide bonds. The maximum atomic E-state index is 6.89. The Balaban J connectivity index is 0.00000595. The van der Waals surface area contributed by atoms with Crippen molar-refractivity contribution >= 4 is 33.2 Å². The number of aromatic nitrogens is 2. The third-order valence-corrected chi connectivity index (χ3v) is 12.4. The zero-order chi connectivity index (χ0) is 44.6. The number of hydrogen-bond acceptors (Lipinski definition) is 4. The summed E-state index contributed by atoms with van der Waals surface area (Å²) in [5, 5.41) is 2.33. The Morgan fingerprint density at radius 1 is 0.571 bits per heavy atom. The number of hydrogen-bond donors (Lipinski definition) is 0. The number of nitrogens with zero attached hydrogens (tertiary/aromatic N) is 4. The first kappa shape index (κ1) is 45.9. The van der Waals surface area contributed by atoms with Crippen molar-refractivity contribution in [2.24, 2.45) is 0 Å². The quantitative estimate of drug-likeness (QED) is 0.149. The molecule has 0 unspecified atom stereocenters. The smallest absolute Gasteiger partial charge is 0.135 e. The van der Waals surface area contributed by atoms with Gasteiger partial charge in [0, 0.05) is 61.1 Å². The summed E-state index contributed by atoms with van der Waals surface area (Å²) >= 11 is 0. The first-order valence-corrected chi connectivity index (χ1v) is 22.0. The van der Waals surface area contributed by atoms with E-state index in [0.29, 0.717) is 11.5 Å². The monoisotopic (exact) mass is 1010 g/mol. The summed E-state index contributed by atoms with van der Waals surface area (Å²) in [4.78, 5) is 9.50. The van der Waals surface area contributed by atoms with Crippen LogP contribution in [0.2, 0.25) is 0 Å².